The number of carbonyl (C=O) groups excluding carboxylic acids is 1. The van der Waals surface area contributed by atoms with Gasteiger partial charge in [-0.3, -0.25) is 4.79 Å². The van der Waals surface area contributed by atoms with Crippen LogP contribution in [-0.2, 0) is 9.53 Å². The van der Waals surface area contributed by atoms with Gasteiger partial charge in [-0.15, -0.1) is 0 Å². The number of hydrogen-bond acceptors (Lipinski definition) is 4. The van der Waals surface area contributed by atoms with Crippen molar-refractivity contribution in [2.45, 2.75) is 12.5 Å². The molecule has 0 saturated carbocycles. The lowest BCUT2D eigenvalue weighted by atomic mass is 10.1. The molecule has 1 aliphatic rings. The van der Waals surface area contributed by atoms with E-state index in [2.05, 4.69) is 22.8 Å². The summed E-state index contributed by atoms with van der Waals surface area (Å²) in [6.07, 6.45) is 0.431. The van der Waals surface area contributed by atoms with Gasteiger partial charge < -0.3 is 20.1 Å². The zero-order valence-electron chi connectivity index (χ0n) is 14.2. The van der Waals surface area contributed by atoms with Crippen molar-refractivity contribution in [1.82, 2.24) is 10.6 Å². The van der Waals surface area contributed by atoms with Crippen LogP contribution >= 0.6 is 0 Å². The van der Waals surface area contributed by atoms with E-state index in [1.54, 1.807) is 0 Å². The molecule has 1 unspecified atom stereocenters. The van der Waals surface area contributed by atoms with Crippen LogP contribution in [0.15, 0.2) is 54.6 Å². The van der Waals surface area contributed by atoms with Crippen molar-refractivity contribution in [2.75, 3.05) is 32.9 Å². The Morgan fingerprint density at radius 3 is 2.76 bits per heavy atom. The molecule has 1 atom stereocenters. The van der Waals surface area contributed by atoms with E-state index in [1.165, 1.54) is 0 Å². The average Bonchev–Trinajstić information content (AvgIpc) is 2.67. The fourth-order valence-electron chi connectivity index (χ4n) is 2.85. The van der Waals surface area contributed by atoms with Crippen molar-refractivity contribution in [1.29, 1.82) is 0 Å². The van der Waals surface area contributed by atoms with Crippen LogP contribution < -0.4 is 15.4 Å². The molecule has 25 heavy (non-hydrogen) atoms. The Bertz CT molecular complexity index is 670. The quantitative estimate of drug-likeness (QED) is 0.759. The predicted molar refractivity (Wildman–Crippen MR) is 97.6 cm³/mol. The van der Waals surface area contributed by atoms with E-state index < -0.39 is 0 Å². The zero-order chi connectivity index (χ0) is 17.3. The number of amides is 1. The van der Waals surface area contributed by atoms with Gasteiger partial charge in [-0.05, 0) is 11.6 Å². The highest BCUT2D eigenvalue weighted by Gasteiger charge is 2.16. The lowest BCUT2D eigenvalue weighted by Gasteiger charge is -2.23. The molecule has 0 aliphatic carbocycles. The highest BCUT2D eigenvalue weighted by atomic mass is 16.5. The number of nitrogens with one attached hydrogen (secondary N) is 2. The van der Waals surface area contributed by atoms with Gasteiger partial charge in [0.2, 0.25) is 5.91 Å². The van der Waals surface area contributed by atoms with Crippen LogP contribution in [0.4, 0.5) is 0 Å². The fourth-order valence-corrected chi connectivity index (χ4v) is 2.85. The first-order valence-electron chi connectivity index (χ1n) is 8.68. The number of hydrogen-bond donors (Lipinski definition) is 2. The summed E-state index contributed by atoms with van der Waals surface area (Å²) in [5.41, 5.74) is 2.17. The molecule has 1 amide bonds. The van der Waals surface area contributed by atoms with Gasteiger partial charge in [0.1, 0.15) is 12.4 Å². The van der Waals surface area contributed by atoms with Gasteiger partial charge >= 0.3 is 0 Å². The van der Waals surface area contributed by atoms with Crippen LogP contribution in [0.3, 0.4) is 0 Å². The SMILES string of the molecule is O=C(CC1COCCN1)NCCOc1ccccc1-c1ccccc1. The predicted octanol–water partition coefficient (Wildman–Crippen LogP) is 2.23. The van der Waals surface area contributed by atoms with Crippen molar-refractivity contribution >= 4 is 5.91 Å². The molecule has 1 aliphatic heterocycles. The van der Waals surface area contributed by atoms with E-state index >= 15 is 0 Å². The number of ether oxygens (including phenoxy) is 2. The van der Waals surface area contributed by atoms with Crippen molar-refractivity contribution in [3.05, 3.63) is 54.6 Å². The van der Waals surface area contributed by atoms with Gasteiger partial charge in [-0.25, -0.2) is 0 Å². The molecule has 3 rings (SSSR count). The maximum atomic E-state index is 11.9. The first kappa shape index (κ1) is 17.5. The third-order valence-corrected chi connectivity index (χ3v) is 4.08. The molecule has 2 aromatic rings. The summed E-state index contributed by atoms with van der Waals surface area (Å²) >= 11 is 0. The number of para-hydroxylation sites is 1. The van der Waals surface area contributed by atoms with E-state index in [1.807, 2.05) is 42.5 Å². The molecule has 1 saturated heterocycles. The summed E-state index contributed by atoms with van der Waals surface area (Å²) in [5, 5.41) is 6.17. The van der Waals surface area contributed by atoms with E-state index in [4.69, 9.17) is 9.47 Å². The van der Waals surface area contributed by atoms with E-state index in [-0.39, 0.29) is 11.9 Å². The average molecular weight is 340 g/mol. The minimum absolute atomic E-state index is 0.0166. The van der Waals surface area contributed by atoms with Gasteiger partial charge in [0.15, 0.2) is 0 Å². The number of benzene rings is 2. The third-order valence-electron chi connectivity index (χ3n) is 4.08. The minimum Gasteiger partial charge on any atom is -0.491 e. The normalized spacial score (nSPS) is 17.0. The molecule has 0 bridgehead atoms. The minimum atomic E-state index is 0.0166. The summed E-state index contributed by atoms with van der Waals surface area (Å²) in [6, 6.07) is 18.2. The smallest absolute Gasteiger partial charge is 0.221 e. The molecule has 0 spiro atoms. The lowest BCUT2D eigenvalue weighted by molar-refractivity contribution is -0.122. The Balaban J connectivity index is 1.45. The van der Waals surface area contributed by atoms with Crippen molar-refractivity contribution in [2.24, 2.45) is 0 Å². The van der Waals surface area contributed by atoms with Gasteiger partial charge in [0.05, 0.1) is 19.8 Å². The molecule has 132 valence electrons. The van der Waals surface area contributed by atoms with Crippen LogP contribution in [0.2, 0.25) is 0 Å². The Morgan fingerprint density at radius 2 is 1.96 bits per heavy atom. The molecule has 0 aromatic heterocycles. The van der Waals surface area contributed by atoms with E-state index in [0.29, 0.717) is 32.8 Å². The lowest BCUT2D eigenvalue weighted by Crippen LogP contribution is -2.44. The zero-order valence-corrected chi connectivity index (χ0v) is 14.2. The summed E-state index contributed by atoms with van der Waals surface area (Å²) in [6.45, 7) is 3.03. The monoisotopic (exact) mass is 340 g/mol. The summed E-state index contributed by atoms with van der Waals surface area (Å²) in [4.78, 5) is 11.9. The largest absolute Gasteiger partial charge is 0.491 e. The van der Waals surface area contributed by atoms with Gasteiger partial charge in [0.25, 0.3) is 0 Å². The number of rotatable bonds is 7. The van der Waals surface area contributed by atoms with Crippen molar-refractivity contribution < 1.29 is 14.3 Å². The highest BCUT2D eigenvalue weighted by Crippen LogP contribution is 2.29. The Kier molecular flexibility index (Phi) is 6.42. The maximum absolute atomic E-state index is 11.9. The van der Waals surface area contributed by atoms with Gasteiger partial charge in [0, 0.05) is 24.6 Å². The molecule has 2 N–H and O–H groups in total. The van der Waals surface area contributed by atoms with Crippen LogP contribution in [0.5, 0.6) is 5.75 Å². The second-order valence-electron chi connectivity index (χ2n) is 5.99. The van der Waals surface area contributed by atoms with Crippen LogP contribution in [0.25, 0.3) is 11.1 Å². The summed E-state index contributed by atoms with van der Waals surface area (Å²) in [5.74, 6) is 0.841. The topological polar surface area (TPSA) is 59.6 Å². The summed E-state index contributed by atoms with van der Waals surface area (Å²) in [7, 11) is 0. The third kappa shape index (κ3) is 5.31. The Labute approximate surface area is 148 Å². The first-order valence-corrected chi connectivity index (χ1v) is 8.68. The molecule has 5 heteroatoms. The first-order chi connectivity index (χ1) is 12.3. The second kappa shape index (κ2) is 9.20. The molecular weight excluding hydrogens is 316 g/mol. The van der Waals surface area contributed by atoms with Crippen molar-refractivity contribution in [3.8, 4) is 16.9 Å². The molecule has 5 nitrogen and oxygen atoms in total. The van der Waals surface area contributed by atoms with E-state index in [0.717, 1.165) is 23.4 Å². The Morgan fingerprint density at radius 1 is 1.16 bits per heavy atom. The highest BCUT2D eigenvalue weighted by molar-refractivity contribution is 5.76. The number of morpholine rings is 1. The standard InChI is InChI=1S/C20H24N2O3/c23-20(14-17-15-24-12-10-21-17)22-11-13-25-19-9-5-4-8-18(19)16-6-2-1-3-7-16/h1-9,17,21H,10-15H2,(H,22,23). The van der Waals surface area contributed by atoms with Gasteiger partial charge in [-0.1, -0.05) is 48.5 Å². The molecule has 1 heterocycles. The molecular formula is C20H24N2O3. The Hall–Kier alpha value is -2.37. The molecule has 2 aromatic carbocycles. The molecule has 0 radical (unpaired) electrons. The second-order valence-corrected chi connectivity index (χ2v) is 5.99. The van der Waals surface area contributed by atoms with Gasteiger partial charge in [-0.2, -0.15) is 0 Å². The van der Waals surface area contributed by atoms with Crippen LogP contribution in [0.1, 0.15) is 6.42 Å². The van der Waals surface area contributed by atoms with E-state index in [9.17, 15) is 4.79 Å². The fraction of sp³-hybridized carbons (Fsp3) is 0.350. The van der Waals surface area contributed by atoms with Crippen molar-refractivity contribution in [3.63, 3.8) is 0 Å². The molecule has 1 fully saturated rings. The summed E-state index contributed by atoms with van der Waals surface area (Å²) < 4.78 is 11.2. The number of carbonyl (C=O) groups is 1. The van der Waals surface area contributed by atoms with Crippen LogP contribution in [-0.4, -0.2) is 44.9 Å². The van der Waals surface area contributed by atoms with Crippen LogP contribution in [0, 0.1) is 0 Å². The maximum Gasteiger partial charge on any atom is 0.221 e.